The van der Waals surface area contributed by atoms with Gasteiger partial charge >= 0.3 is 0 Å². The lowest BCUT2D eigenvalue weighted by atomic mass is 10.0. The molecule has 0 bridgehead atoms. The van der Waals surface area contributed by atoms with E-state index in [4.69, 9.17) is 0 Å². The van der Waals surface area contributed by atoms with Crippen LogP contribution in [0.3, 0.4) is 0 Å². The van der Waals surface area contributed by atoms with Crippen molar-refractivity contribution in [1.29, 1.82) is 0 Å². The Hall–Kier alpha value is -1.89. The van der Waals surface area contributed by atoms with Crippen molar-refractivity contribution in [3.05, 3.63) is 35.3 Å². The summed E-state index contributed by atoms with van der Waals surface area (Å²) in [6.45, 7) is 3.58. The number of H-pyrrole nitrogens is 1. The van der Waals surface area contributed by atoms with Crippen LogP contribution in [0, 0.1) is 12.7 Å². The van der Waals surface area contributed by atoms with E-state index in [-0.39, 0.29) is 29.7 Å². The number of aromatic nitrogens is 1. The van der Waals surface area contributed by atoms with Gasteiger partial charge in [0.15, 0.2) is 9.84 Å². The van der Waals surface area contributed by atoms with Crippen LogP contribution in [0.4, 0.5) is 4.39 Å². The van der Waals surface area contributed by atoms with E-state index in [1.807, 2.05) is 6.92 Å². The molecule has 1 aromatic heterocycles. The van der Waals surface area contributed by atoms with E-state index < -0.39 is 15.4 Å². The van der Waals surface area contributed by atoms with Gasteiger partial charge in [0.05, 0.1) is 23.5 Å². The maximum atomic E-state index is 13.5. The fraction of sp³-hybridized carbons (Fsp3) is 0.438. The number of hydrogen-bond donors (Lipinski definition) is 2. The van der Waals surface area contributed by atoms with Crippen LogP contribution >= 0.6 is 0 Å². The predicted octanol–water partition coefficient (Wildman–Crippen LogP) is 1.85. The van der Waals surface area contributed by atoms with E-state index >= 15 is 0 Å². The zero-order valence-electron chi connectivity index (χ0n) is 13.1. The van der Waals surface area contributed by atoms with Crippen LogP contribution in [0.5, 0.6) is 0 Å². The van der Waals surface area contributed by atoms with Gasteiger partial charge in [-0.2, -0.15) is 0 Å². The summed E-state index contributed by atoms with van der Waals surface area (Å²) in [5.41, 5.74) is 1.61. The molecule has 7 heteroatoms. The molecule has 0 saturated carbocycles. The SMILES string of the molecule is Cc1[nH]c2ccc(F)cc2c1CC(=O)NC1(C)CCS(=O)(=O)C1. The molecule has 3 rings (SSSR count). The maximum absolute atomic E-state index is 13.5. The molecule has 1 saturated heterocycles. The summed E-state index contributed by atoms with van der Waals surface area (Å²) in [7, 11) is -3.08. The predicted molar refractivity (Wildman–Crippen MR) is 86.5 cm³/mol. The third-order valence-electron chi connectivity index (χ3n) is 4.36. The van der Waals surface area contributed by atoms with Crippen LogP contribution in [0.2, 0.25) is 0 Å². The topological polar surface area (TPSA) is 79.0 Å². The zero-order valence-corrected chi connectivity index (χ0v) is 13.9. The Morgan fingerprint density at radius 2 is 2.17 bits per heavy atom. The number of aromatic amines is 1. The molecule has 23 heavy (non-hydrogen) atoms. The van der Waals surface area contributed by atoms with Crippen molar-refractivity contribution < 1.29 is 17.6 Å². The molecule has 124 valence electrons. The standard InChI is InChI=1S/C16H19FN2O3S/c1-10-12(13-7-11(17)3-4-14(13)18-10)8-15(20)19-16(2)5-6-23(21,22)9-16/h3-4,7,18H,5-6,8-9H2,1-2H3,(H,19,20). The highest BCUT2D eigenvalue weighted by atomic mass is 32.2. The summed E-state index contributed by atoms with van der Waals surface area (Å²) in [6, 6.07) is 4.42. The molecule has 1 amide bonds. The molecule has 5 nitrogen and oxygen atoms in total. The van der Waals surface area contributed by atoms with Crippen molar-refractivity contribution in [2.45, 2.75) is 32.2 Å². The van der Waals surface area contributed by atoms with Crippen LogP contribution in [-0.2, 0) is 21.1 Å². The molecular formula is C16H19FN2O3S. The molecule has 2 N–H and O–H groups in total. The average molecular weight is 338 g/mol. The Labute approximate surface area is 134 Å². The quantitative estimate of drug-likeness (QED) is 0.896. The normalized spacial score (nSPS) is 23.3. The van der Waals surface area contributed by atoms with E-state index in [1.165, 1.54) is 12.1 Å². The van der Waals surface area contributed by atoms with E-state index in [0.29, 0.717) is 11.8 Å². The number of benzene rings is 1. The first-order valence-corrected chi connectivity index (χ1v) is 9.28. The number of carbonyl (C=O) groups excluding carboxylic acids is 1. The molecule has 1 atom stereocenters. The van der Waals surface area contributed by atoms with Crippen molar-refractivity contribution in [1.82, 2.24) is 10.3 Å². The smallest absolute Gasteiger partial charge is 0.224 e. The second kappa shape index (κ2) is 5.33. The number of hydrogen-bond acceptors (Lipinski definition) is 3. The first kappa shape index (κ1) is 16.0. The molecule has 1 unspecified atom stereocenters. The molecule has 1 fully saturated rings. The van der Waals surface area contributed by atoms with Crippen molar-refractivity contribution >= 4 is 26.6 Å². The Bertz CT molecular complexity index is 888. The van der Waals surface area contributed by atoms with Gasteiger partial charge in [0.25, 0.3) is 0 Å². The van der Waals surface area contributed by atoms with Crippen molar-refractivity contribution in [2.75, 3.05) is 11.5 Å². The molecule has 1 aliphatic rings. The summed E-state index contributed by atoms with van der Waals surface area (Å²) in [6.07, 6.45) is 0.507. The van der Waals surface area contributed by atoms with Gasteiger partial charge in [-0.1, -0.05) is 0 Å². The average Bonchev–Trinajstić information content (AvgIpc) is 2.87. The number of nitrogens with one attached hydrogen (secondary N) is 2. The number of sulfone groups is 1. The lowest BCUT2D eigenvalue weighted by Crippen LogP contribution is -2.47. The van der Waals surface area contributed by atoms with Crippen molar-refractivity contribution in [2.24, 2.45) is 0 Å². The van der Waals surface area contributed by atoms with Crippen LogP contribution in [0.15, 0.2) is 18.2 Å². The summed E-state index contributed by atoms with van der Waals surface area (Å²) in [4.78, 5) is 15.5. The van der Waals surface area contributed by atoms with Crippen molar-refractivity contribution in [3.8, 4) is 0 Å². The molecule has 0 spiro atoms. The number of fused-ring (bicyclic) bond motifs is 1. The minimum Gasteiger partial charge on any atom is -0.358 e. The van der Waals surface area contributed by atoms with Gasteiger partial charge in [0.1, 0.15) is 5.82 Å². The van der Waals surface area contributed by atoms with Gasteiger partial charge in [0, 0.05) is 16.6 Å². The molecule has 1 aliphatic heterocycles. The van der Waals surface area contributed by atoms with Gasteiger partial charge in [-0.05, 0) is 44.0 Å². The number of carbonyl (C=O) groups is 1. The van der Waals surface area contributed by atoms with E-state index in [2.05, 4.69) is 10.3 Å². The maximum Gasteiger partial charge on any atom is 0.224 e. The Kier molecular flexibility index (Phi) is 3.71. The second-order valence-corrected chi connectivity index (χ2v) is 8.73. The molecule has 2 heterocycles. The van der Waals surface area contributed by atoms with E-state index in [9.17, 15) is 17.6 Å². The minimum absolute atomic E-state index is 0.0345. The fourth-order valence-electron chi connectivity index (χ4n) is 3.23. The molecular weight excluding hydrogens is 319 g/mol. The molecule has 0 aliphatic carbocycles. The van der Waals surface area contributed by atoms with E-state index in [1.54, 1.807) is 13.0 Å². The Balaban J connectivity index is 1.81. The van der Waals surface area contributed by atoms with Gasteiger partial charge in [0.2, 0.25) is 5.91 Å². The van der Waals surface area contributed by atoms with Crippen LogP contribution in [0.1, 0.15) is 24.6 Å². The molecule has 1 aromatic carbocycles. The first-order chi connectivity index (χ1) is 10.7. The van der Waals surface area contributed by atoms with Crippen molar-refractivity contribution in [3.63, 3.8) is 0 Å². The van der Waals surface area contributed by atoms with Gasteiger partial charge in [-0.3, -0.25) is 4.79 Å². The van der Waals surface area contributed by atoms with Crippen LogP contribution in [-0.4, -0.2) is 36.4 Å². The Morgan fingerprint density at radius 3 is 2.83 bits per heavy atom. The number of amides is 1. The first-order valence-electron chi connectivity index (χ1n) is 7.46. The number of aryl methyl sites for hydroxylation is 1. The molecule has 0 radical (unpaired) electrons. The third-order valence-corrected chi connectivity index (χ3v) is 6.27. The highest BCUT2D eigenvalue weighted by molar-refractivity contribution is 7.91. The second-order valence-electron chi connectivity index (χ2n) is 6.55. The zero-order chi connectivity index (χ0) is 16.8. The fourth-order valence-corrected chi connectivity index (χ4v) is 5.33. The summed E-state index contributed by atoms with van der Waals surface area (Å²) in [5.74, 6) is -0.543. The lowest BCUT2D eigenvalue weighted by molar-refractivity contribution is -0.121. The lowest BCUT2D eigenvalue weighted by Gasteiger charge is -2.23. The largest absolute Gasteiger partial charge is 0.358 e. The summed E-state index contributed by atoms with van der Waals surface area (Å²) in [5, 5.41) is 3.51. The van der Waals surface area contributed by atoms with Gasteiger partial charge < -0.3 is 10.3 Å². The van der Waals surface area contributed by atoms with Gasteiger partial charge in [-0.25, -0.2) is 12.8 Å². The third kappa shape index (κ3) is 3.24. The van der Waals surface area contributed by atoms with E-state index in [0.717, 1.165) is 16.8 Å². The van der Waals surface area contributed by atoms with Crippen LogP contribution in [0.25, 0.3) is 10.9 Å². The highest BCUT2D eigenvalue weighted by Crippen LogP contribution is 2.25. The van der Waals surface area contributed by atoms with Gasteiger partial charge in [-0.15, -0.1) is 0 Å². The highest BCUT2D eigenvalue weighted by Gasteiger charge is 2.39. The minimum atomic E-state index is -3.08. The summed E-state index contributed by atoms with van der Waals surface area (Å²) >= 11 is 0. The summed E-state index contributed by atoms with van der Waals surface area (Å²) < 4.78 is 36.7. The van der Waals surface area contributed by atoms with Crippen LogP contribution < -0.4 is 5.32 Å². The molecule has 2 aromatic rings. The number of rotatable bonds is 3. The Morgan fingerprint density at radius 1 is 1.43 bits per heavy atom. The monoisotopic (exact) mass is 338 g/mol. The number of halogens is 1.